The van der Waals surface area contributed by atoms with Crippen molar-refractivity contribution in [1.29, 1.82) is 0 Å². The molecule has 0 heterocycles. The van der Waals surface area contributed by atoms with Crippen LogP contribution in [0.2, 0.25) is 0 Å². The van der Waals surface area contributed by atoms with E-state index in [4.69, 9.17) is 5.73 Å². The number of allylic oxidation sites excluding steroid dienone is 8. The van der Waals surface area contributed by atoms with E-state index in [1.165, 1.54) is 5.57 Å². The van der Waals surface area contributed by atoms with Crippen molar-refractivity contribution in [2.75, 3.05) is 0 Å². The minimum Gasteiger partial charge on any atom is -0.384 e. The molecule has 0 saturated heterocycles. The normalized spacial score (nSPS) is 15.7. The Morgan fingerprint density at radius 2 is 1.86 bits per heavy atom. The molecule has 0 aromatic heterocycles. The van der Waals surface area contributed by atoms with Crippen LogP contribution in [0.5, 0.6) is 0 Å². The average Bonchev–Trinajstić information content (AvgIpc) is 2.39. The van der Waals surface area contributed by atoms with E-state index >= 15 is 0 Å². The van der Waals surface area contributed by atoms with E-state index < -0.39 is 0 Å². The van der Waals surface area contributed by atoms with Crippen molar-refractivity contribution in [3.05, 3.63) is 60.0 Å². The van der Waals surface area contributed by atoms with Crippen LogP contribution in [0.15, 0.2) is 65.0 Å². The Bertz CT molecular complexity index is 492. The van der Waals surface area contributed by atoms with E-state index in [2.05, 4.69) is 58.3 Å². The van der Waals surface area contributed by atoms with E-state index in [1.807, 2.05) is 25.2 Å². The topological polar surface area (TPSA) is 38.4 Å². The van der Waals surface area contributed by atoms with Gasteiger partial charge in [-0.1, -0.05) is 64.7 Å². The minimum absolute atomic E-state index is 0.121. The summed E-state index contributed by atoms with van der Waals surface area (Å²) in [5.41, 5.74) is 9.31. The molecule has 2 nitrogen and oxygen atoms in total. The average molecular weight is 286 g/mol. The van der Waals surface area contributed by atoms with Crippen molar-refractivity contribution >= 4 is 5.71 Å². The van der Waals surface area contributed by atoms with Crippen LogP contribution in [0.4, 0.5) is 0 Å². The second-order valence-electron chi connectivity index (χ2n) is 6.02. The van der Waals surface area contributed by atoms with Gasteiger partial charge in [-0.15, -0.1) is 0 Å². The zero-order valence-corrected chi connectivity index (χ0v) is 14.4. The summed E-state index contributed by atoms with van der Waals surface area (Å²) in [5, 5.41) is 0. The van der Waals surface area contributed by atoms with Crippen LogP contribution >= 0.6 is 0 Å². The van der Waals surface area contributed by atoms with E-state index in [-0.39, 0.29) is 5.41 Å². The number of nitrogens with zero attached hydrogens (tertiary/aromatic N) is 1. The highest BCUT2D eigenvalue weighted by molar-refractivity contribution is 6.04. The molecule has 0 rings (SSSR count). The van der Waals surface area contributed by atoms with Gasteiger partial charge in [-0.25, -0.2) is 4.99 Å². The molecule has 0 fully saturated rings. The van der Waals surface area contributed by atoms with Crippen LogP contribution in [-0.4, -0.2) is 5.71 Å². The lowest BCUT2D eigenvalue weighted by Gasteiger charge is -2.17. The predicted octanol–water partition coefficient (Wildman–Crippen LogP) is 5.32. The van der Waals surface area contributed by atoms with E-state index in [9.17, 15) is 0 Å². The fourth-order valence-corrected chi connectivity index (χ4v) is 1.96. The molecule has 0 aliphatic rings. The summed E-state index contributed by atoms with van der Waals surface area (Å²) in [6, 6.07) is 0. The lowest BCUT2D eigenvalue weighted by molar-refractivity contribution is 0.541. The molecule has 0 aliphatic carbocycles. The quantitative estimate of drug-likeness (QED) is 0.521. The van der Waals surface area contributed by atoms with Gasteiger partial charge in [0, 0.05) is 5.71 Å². The number of rotatable bonds is 6. The zero-order valence-electron chi connectivity index (χ0n) is 14.4. The Kier molecular flexibility index (Phi) is 8.37. The molecule has 0 saturated carbocycles. The number of hydrogen-bond donors (Lipinski definition) is 1. The molecule has 0 aromatic carbocycles. The van der Waals surface area contributed by atoms with Gasteiger partial charge in [-0.3, -0.25) is 0 Å². The highest BCUT2D eigenvalue weighted by atomic mass is 14.9. The van der Waals surface area contributed by atoms with Gasteiger partial charge < -0.3 is 5.73 Å². The zero-order chi connectivity index (χ0) is 16.5. The van der Waals surface area contributed by atoms with Crippen molar-refractivity contribution in [1.82, 2.24) is 0 Å². The first kappa shape index (κ1) is 19.2. The van der Waals surface area contributed by atoms with Gasteiger partial charge in [-0.05, 0) is 42.9 Å². The van der Waals surface area contributed by atoms with Crippen LogP contribution in [0.3, 0.4) is 0 Å². The molecule has 0 amide bonds. The van der Waals surface area contributed by atoms with Gasteiger partial charge in [0.25, 0.3) is 0 Å². The Morgan fingerprint density at radius 1 is 1.24 bits per heavy atom. The van der Waals surface area contributed by atoms with Gasteiger partial charge in [0.15, 0.2) is 0 Å². The lowest BCUT2D eigenvalue weighted by Crippen LogP contribution is -2.09. The van der Waals surface area contributed by atoms with Crippen molar-refractivity contribution < 1.29 is 0 Å². The molecular weight excluding hydrogens is 256 g/mol. The Hall–Kier alpha value is -1.83. The molecule has 0 atom stereocenters. The van der Waals surface area contributed by atoms with Gasteiger partial charge in [0.1, 0.15) is 5.82 Å². The summed E-state index contributed by atoms with van der Waals surface area (Å²) < 4.78 is 0. The molecule has 2 heteroatoms. The van der Waals surface area contributed by atoms with Gasteiger partial charge in [-0.2, -0.15) is 0 Å². The predicted molar refractivity (Wildman–Crippen MR) is 96.3 cm³/mol. The molecule has 21 heavy (non-hydrogen) atoms. The summed E-state index contributed by atoms with van der Waals surface area (Å²) in [4.78, 5) is 4.53. The lowest BCUT2D eigenvalue weighted by atomic mass is 9.89. The molecule has 2 N–H and O–H groups in total. The Balaban J connectivity index is 5.88. The molecule has 0 spiro atoms. The SMILES string of the molecule is C=C/C=C/C=C(C(\C)=C/C(C)(C)C)/C(CC)=N/C(N)=C\C. The second-order valence-corrected chi connectivity index (χ2v) is 6.02. The number of aliphatic imine (C=N–C) groups is 1. The first-order valence-corrected chi connectivity index (χ1v) is 7.44. The fourth-order valence-electron chi connectivity index (χ4n) is 1.96. The third-order valence-corrected chi connectivity index (χ3v) is 2.79. The van der Waals surface area contributed by atoms with Crippen LogP contribution < -0.4 is 5.73 Å². The molecular formula is C19H30N2. The molecule has 0 radical (unpaired) electrons. The highest BCUT2D eigenvalue weighted by Crippen LogP contribution is 2.23. The standard InChI is InChI=1S/C19H30N2/c1-8-11-12-13-16(15(4)14-19(5,6)7)17(9-2)21-18(20)10-3/h8,10-14H,1,9,20H2,2-7H3/b12-11+,15-14-,16-13+,18-10-,21-17+. The van der Waals surface area contributed by atoms with Gasteiger partial charge in [0.05, 0.1) is 0 Å². The van der Waals surface area contributed by atoms with E-state index in [0.29, 0.717) is 5.82 Å². The monoisotopic (exact) mass is 286 g/mol. The number of hydrogen-bond acceptors (Lipinski definition) is 2. The first-order chi connectivity index (χ1) is 9.75. The number of nitrogens with two attached hydrogens (primary N) is 1. The molecule has 0 unspecified atom stereocenters. The van der Waals surface area contributed by atoms with Crippen LogP contribution in [0, 0.1) is 5.41 Å². The minimum atomic E-state index is 0.121. The third kappa shape index (κ3) is 8.13. The molecule has 0 aromatic rings. The summed E-state index contributed by atoms with van der Waals surface area (Å²) in [6.45, 7) is 16.4. The Labute approximate surface area is 130 Å². The maximum Gasteiger partial charge on any atom is 0.119 e. The first-order valence-electron chi connectivity index (χ1n) is 7.44. The largest absolute Gasteiger partial charge is 0.384 e. The maximum absolute atomic E-state index is 5.86. The Morgan fingerprint density at radius 3 is 2.29 bits per heavy atom. The van der Waals surface area contributed by atoms with Crippen LogP contribution in [-0.2, 0) is 0 Å². The van der Waals surface area contributed by atoms with Gasteiger partial charge in [0.2, 0.25) is 0 Å². The highest BCUT2D eigenvalue weighted by Gasteiger charge is 2.12. The molecule has 116 valence electrons. The summed E-state index contributed by atoms with van der Waals surface area (Å²) >= 11 is 0. The van der Waals surface area contributed by atoms with Gasteiger partial charge >= 0.3 is 0 Å². The van der Waals surface area contributed by atoms with Crippen molar-refractivity contribution in [3.8, 4) is 0 Å². The summed E-state index contributed by atoms with van der Waals surface area (Å²) in [6.07, 6.45) is 12.6. The van der Waals surface area contributed by atoms with E-state index in [1.54, 1.807) is 6.08 Å². The second kappa shape index (κ2) is 9.17. The smallest absolute Gasteiger partial charge is 0.119 e. The van der Waals surface area contributed by atoms with E-state index in [0.717, 1.165) is 17.7 Å². The molecule has 0 aliphatic heterocycles. The van der Waals surface area contributed by atoms with Crippen LogP contribution in [0.25, 0.3) is 0 Å². The summed E-state index contributed by atoms with van der Waals surface area (Å²) in [7, 11) is 0. The van der Waals surface area contributed by atoms with Crippen molar-refractivity contribution in [2.45, 2.75) is 48.0 Å². The fraction of sp³-hybridized carbons (Fsp3) is 0.421. The van der Waals surface area contributed by atoms with Crippen LogP contribution in [0.1, 0.15) is 48.0 Å². The third-order valence-electron chi connectivity index (χ3n) is 2.79. The molecule has 0 bridgehead atoms. The summed E-state index contributed by atoms with van der Waals surface area (Å²) in [5.74, 6) is 0.550. The van der Waals surface area contributed by atoms with Crippen molar-refractivity contribution in [2.24, 2.45) is 16.1 Å². The van der Waals surface area contributed by atoms with Crippen molar-refractivity contribution in [3.63, 3.8) is 0 Å². The maximum atomic E-state index is 5.86.